The van der Waals surface area contributed by atoms with Gasteiger partial charge in [0.05, 0.1) is 0 Å². The fourth-order valence-corrected chi connectivity index (χ4v) is 3.44. The summed E-state index contributed by atoms with van der Waals surface area (Å²) in [7, 11) is 0. The first-order valence-electron chi connectivity index (χ1n) is 7.77. The van der Waals surface area contributed by atoms with E-state index in [9.17, 15) is 0 Å². The van der Waals surface area contributed by atoms with E-state index in [4.69, 9.17) is 11.6 Å². The van der Waals surface area contributed by atoms with E-state index in [0.717, 1.165) is 17.0 Å². The van der Waals surface area contributed by atoms with Gasteiger partial charge in [0.25, 0.3) is 0 Å². The third kappa shape index (κ3) is 5.31. The molecule has 2 rings (SSSR count). The standard InChI is InChI=1S/C17H26ClNS/c1-20-11-5-3-2-4-10-19-17-12-15(13-17)14-6-8-16(18)9-7-14/h6-9,15,17,19H,2-5,10-13H2,1H3. The summed E-state index contributed by atoms with van der Waals surface area (Å²) in [6.07, 6.45) is 10.2. The number of benzene rings is 1. The van der Waals surface area contributed by atoms with Crippen molar-refractivity contribution in [3.8, 4) is 0 Å². The van der Waals surface area contributed by atoms with Crippen molar-refractivity contribution in [3.05, 3.63) is 34.9 Å². The molecule has 0 amide bonds. The van der Waals surface area contributed by atoms with Crippen LogP contribution in [-0.4, -0.2) is 24.6 Å². The fourth-order valence-electron chi connectivity index (χ4n) is 2.82. The van der Waals surface area contributed by atoms with Gasteiger partial charge in [0.15, 0.2) is 0 Å². The smallest absolute Gasteiger partial charge is 0.0406 e. The zero-order valence-electron chi connectivity index (χ0n) is 12.4. The summed E-state index contributed by atoms with van der Waals surface area (Å²) in [4.78, 5) is 0. The molecule has 0 atom stereocenters. The first-order chi connectivity index (χ1) is 9.79. The number of hydrogen-bond donors (Lipinski definition) is 1. The van der Waals surface area contributed by atoms with Gasteiger partial charge in [-0.2, -0.15) is 11.8 Å². The van der Waals surface area contributed by atoms with E-state index in [1.807, 2.05) is 23.9 Å². The highest BCUT2D eigenvalue weighted by atomic mass is 35.5. The summed E-state index contributed by atoms with van der Waals surface area (Å²) in [5.74, 6) is 2.06. The van der Waals surface area contributed by atoms with Gasteiger partial charge < -0.3 is 5.32 Å². The fraction of sp³-hybridized carbons (Fsp3) is 0.647. The van der Waals surface area contributed by atoms with Crippen LogP contribution in [0.25, 0.3) is 0 Å². The number of nitrogens with one attached hydrogen (secondary N) is 1. The van der Waals surface area contributed by atoms with Gasteiger partial charge in [-0.3, -0.25) is 0 Å². The van der Waals surface area contributed by atoms with Crippen LogP contribution in [0.4, 0.5) is 0 Å². The lowest BCUT2D eigenvalue weighted by atomic mass is 9.76. The molecule has 0 unspecified atom stereocenters. The van der Waals surface area contributed by atoms with Crippen LogP contribution in [0.1, 0.15) is 50.0 Å². The molecule has 1 nitrogen and oxygen atoms in total. The molecule has 1 aliphatic carbocycles. The molecule has 3 heteroatoms. The Morgan fingerprint density at radius 2 is 1.80 bits per heavy atom. The van der Waals surface area contributed by atoms with Crippen molar-refractivity contribution in [1.82, 2.24) is 5.32 Å². The van der Waals surface area contributed by atoms with Gasteiger partial charge in [-0.05, 0) is 67.9 Å². The second-order valence-electron chi connectivity index (χ2n) is 5.78. The predicted octanol–water partition coefficient (Wildman–Crippen LogP) is 5.10. The molecule has 1 aromatic carbocycles. The molecule has 1 fully saturated rings. The van der Waals surface area contributed by atoms with Crippen LogP contribution in [0.15, 0.2) is 24.3 Å². The maximum atomic E-state index is 5.92. The lowest BCUT2D eigenvalue weighted by Crippen LogP contribution is -2.40. The average Bonchev–Trinajstić information content (AvgIpc) is 2.41. The highest BCUT2D eigenvalue weighted by Crippen LogP contribution is 2.37. The van der Waals surface area contributed by atoms with Crippen molar-refractivity contribution in [2.75, 3.05) is 18.6 Å². The Balaban J connectivity index is 1.50. The van der Waals surface area contributed by atoms with Crippen LogP contribution in [0.3, 0.4) is 0 Å². The number of hydrogen-bond acceptors (Lipinski definition) is 2. The number of halogens is 1. The van der Waals surface area contributed by atoms with Gasteiger partial charge in [0.1, 0.15) is 0 Å². The monoisotopic (exact) mass is 311 g/mol. The second-order valence-corrected chi connectivity index (χ2v) is 7.20. The molecule has 0 aromatic heterocycles. The van der Waals surface area contributed by atoms with Crippen LogP contribution in [0.5, 0.6) is 0 Å². The van der Waals surface area contributed by atoms with Crippen LogP contribution in [0.2, 0.25) is 5.02 Å². The molecule has 0 spiro atoms. The Morgan fingerprint density at radius 3 is 2.50 bits per heavy atom. The van der Waals surface area contributed by atoms with E-state index >= 15 is 0 Å². The number of thioether (sulfide) groups is 1. The Morgan fingerprint density at radius 1 is 1.10 bits per heavy atom. The largest absolute Gasteiger partial charge is 0.314 e. The molecular formula is C17H26ClNS. The Kier molecular flexibility index (Phi) is 7.26. The third-order valence-corrected chi connectivity index (χ3v) is 5.14. The summed E-state index contributed by atoms with van der Waals surface area (Å²) >= 11 is 7.88. The van der Waals surface area contributed by atoms with Crippen molar-refractivity contribution in [2.45, 2.75) is 50.5 Å². The highest BCUT2D eigenvalue weighted by Gasteiger charge is 2.29. The topological polar surface area (TPSA) is 12.0 Å². The van der Waals surface area contributed by atoms with Gasteiger partial charge in [0, 0.05) is 11.1 Å². The molecule has 0 radical (unpaired) electrons. The van der Waals surface area contributed by atoms with Crippen LogP contribution >= 0.6 is 23.4 Å². The SMILES string of the molecule is CSCCCCCCNC1CC(c2ccc(Cl)cc2)C1. The normalized spacial score (nSPS) is 21.7. The van der Waals surface area contributed by atoms with Gasteiger partial charge in [-0.25, -0.2) is 0 Å². The van der Waals surface area contributed by atoms with E-state index in [0.29, 0.717) is 0 Å². The zero-order chi connectivity index (χ0) is 14.2. The molecule has 1 saturated carbocycles. The van der Waals surface area contributed by atoms with E-state index in [1.165, 1.54) is 56.4 Å². The maximum absolute atomic E-state index is 5.92. The first-order valence-corrected chi connectivity index (χ1v) is 9.54. The molecule has 0 aliphatic heterocycles. The first kappa shape index (κ1) is 16.2. The summed E-state index contributed by atoms with van der Waals surface area (Å²) < 4.78 is 0. The number of unbranched alkanes of at least 4 members (excludes halogenated alkanes) is 3. The van der Waals surface area contributed by atoms with E-state index in [1.54, 1.807) is 0 Å². The Labute approximate surface area is 132 Å². The lowest BCUT2D eigenvalue weighted by molar-refractivity contribution is 0.289. The second kappa shape index (κ2) is 8.96. The summed E-state index contributed by atoms with van der Waals surface area (Å²) in [6.45, 7) is 1.19. The van der Waals surface area contributed by atoms with Gasteiger partial charge >= 0.3 is 0 Å². The van der Waals surface area contributed by atoms with Crippen molar-refractivity contribution in [3.63, 3.8) is 0 Å². The average molecular weight is 312 g/mol. The predicted molar refractivity (Wildman–Crippen MR) is 92.1 cm³/mol. The van der Waals surface area contributed by atoms with Gasteiger partial charge in [-0.1, -0.05) is 36.6 Å². The summed E-state index contributed by atoms with van der Waals surface area (Å²) in [6, 6.07) is 9.10. The zero-order valence-corrected chi connectivity index (χ0v) is 14.0. The van der Waals surface area contributed by atoms with Crippen molar-refractivity contribution < 1.29 is 0 Å². The van der Waals surface area contributed by atoms with Gasteiger partial charge in [0.2, 0.25) is 0 Å². The molecule has 1 aliphatic rings. The Hall–Kier alpha value is -0.180. The summed E-state index contributed by atoms with van der Waals surface area (Å²) in [5, 5.41) is 4.53. The van der Waals surface area contributed by atoms with Gasteiger partial charge in [-0.15, -0.1) is 0 Å². The van der Waals surface area contributed by atoms with Crippen LogP contribution < -0.4 is 5.32 Å². The number of rotatable bonds is 9. The van der Waals surface area contributed by atoms with Crippen LogP contribution in [0, 0.1) is 0 Å². The van der Waals surface area contributed by atoms with Crippen molar-refractivity contribution in [2.24, 2.45) is 0 Å². The minimum Gasteiger partial charge on any atom is -0.314 e. The van der Waals surface area contributed by atoms with Crippen LogP contribution in [-0.2, 0) is 0 Å². The quantitative estimate of drug-likeness (QED) is 0.637. The van der Waals surface area contributed by atoms with E-state index in [2.05, 4.69) is 23.7 Å². The summed E-state index contributed by atoms with van der Waals surface area (Å²) in [5.41, 5.74) is 1.45. The maximum Gasteiger partial charge on any atom is 0.0406 e. The van der Waals surface area contributed by atoms with Crippen molar-refractivity contribution in [1.29, 1.82) is 0 Å². The molecular weight excluding hydrogens is 286 g/mol. The molecule has 112 valence electrons. The lowest BCUT2D eigenvalue weighted by Gasteiger charge is -2.36. The highest BCUT2D eigenvalue weighted by molar-refractivity contribution is 7.98. The minimum atomic E-state index is 0.738. The molecule has 0 saturated heterocycles. The molecule has 20 heavy (non-hydrogen) atoms. The third-order valence-electron chi connectivity index (χ3n) is 4.19. The van der Waals surface area contributed by atoms with E-state index < -0.39 is 0 Å². The van der Waals surface area contributed by atoms with Crippen molar-refractivity contribution >= 4 is 23.4 Å². The minimum absolute atomic E-state index is 0.738. The molecule has 1 aromatic rings. The van der Waals surface area contributed by atoms with E-state index in [-0.39, 0.29) is 0 Å². The molecule has 0 bridgehead atoms. The molecule has 1 N–H and O–H groups in total. The Bertz CT molecular complexity index is 373. The molecule has 0 heterocycles.